The van der Waals surface area contributed by atoms with Gasteiger partial charge in [0, 0.05) is 30.4 Å². The molecule has 7 heteroatoms. The molecule has 0 saturated carbocycles. The molecule has 0 aromatic heterocycles. The topological polar surface area (TPSA) is 86.7 Å². The van der Waals surface area contributed by atoms with E-state index in [2.05, 4.69) is 21.2 Å². The van der Waals surface area contributed by atoms with E-state index in [9.17, 15) is 19.5 Å². The summed E-state index contributed by atoms with van der Waals surface area (Å²) < 4.78 is 0.827. The molecule has 0 radical (unpaired) electrons. The molecular weight excluding hydrogens is 352 g/mol. The van der Waals surface area contributed by atoms with Gasteiger partial charge in [-0.15, -0.1) is 0 Å². The number of nitrogens with zero attached hydrogens (tertiary/aromatic N) is 1. The number of carbonyl (C=O) groups excluding carboxylic acids is 2. The van der Waals surface area contributed by atoms with E-state index < -0.39 is 23.8 Å². The number of amides is 2. The number of aliphatic carboxylic acids is 1. The Morgan fingerprint density at radius 3 is 2.55 bits per heavy atom. The number of piperidine rings is 1. The van der Waals surface area contributed by atoms with E-state index in [1.165, 1.54) is 0 Å². The van der Waals surface area contributed by atoms with Gasteiger partial charge in [-0.1, -0.05) is 28.1 Å². The molecule has 0 bridgehead atoms. The molecular formula is C15H17BrN2O4. The van der Waals surface area contributed by atoms with Crippen molar-refractivity contribution in [2.45, 2.75) is 18.9 Å². The van der Waals surface area contributed by atoms with Gasteiger partial charge in [0.2, 0.25) is 11.8 Å². The Morgan fingerprint density at radius 2 is 2.00 bits per heavy atom. The highest BCUT2D eigenvalue weighted by Gasteiger charge is 2.31. The predicted octanol–water partition coefficient (Wildman–Crippen LogP) is 1.56. The number of hydrogen-bond acceptors (Lipinski definition) is 3. The zero-order valence-electron chi connectivity index (χ0n) is 12.1. The fourth-order valence-electron chi connectivity index (χ4n) is 2.37. The number of hydrogen-bond donors (Lipinski definition) is 2. The number of carboxylic acids is 1. The molecule has 1 aliphatic rings. The lowest BCUT2D eigenvalue weighted by molar-refractivity contribution is -0.144. The Balaban J connectivity index is 2.08. The van der Waals surface area contributed by atoms with Crippen LogP contribution in [0.15, 0.2) is 28.7 Å². The molecule has 6 nitrogen and oxygen atoms in total. The van der Waals surface area contributed by atoms with E-state index >= 15 is 0 Å². The zero-order valence-corrected chi connectivity index (χ0v) is 13.7. The summed E-state index contributed by atoms with van der Waals surface area (Å²) in [6.45, 7) is 0.507. The summed E-state index contributed by atoms with van der Waals surface area (Å²) >= 11 is 3.28. The summed E-state index contributed by atoms with van der Waals surface area (Å²) in [5.41, 5.74) is 0.489. The van der Waals surface area contributed by atoms with Crippen LogP contribution < -0.4 is 5.32 Å². The van der Waals surface area contributed by atoms with E-state index in [0.717, 1.165) is 4.47 Å². The normalized spacial score (nSPS) is 19.6. The van der Waals surface area contributed by atoms with Gasteiger partial charge in [0.25, 0.3) is 0 Å². The molecule has 1 aromatic rings. The largest absolute Gasteiger partial charge is 0.479 e. The van der Waals surface area contributed by atoms with E-state index in [1.807, 2.05) is 0 Å². The Hall–Kier alpha value is -1.89. The van der Waals surface area contributed by atoms with E-state index in [1.54, 1.807) is 36.2 Å². The molecule has 1 heterocycles. The molecule has 1 fully saturated rings. The molecule has 2 N–H and O–H groups in total. The Kier molecular flexibility index (Phi) is 5.18. The summed E-state index contributed by atoms with van der Waals surface area (Å²) in [5.74, 6) is -2.09. The third-order valence-corrected chi connectivity index (χ3v) is 4.30. The first kappa shape index (κ1) is 16.5. The maximum Gasteiger partial charge on any atom is 0.330 e. The predicted molar refractivity (Wildman–Crippen MR) is 83.0 cm³/mol. The number of nitrogens with one attached hydrogen (secondary N) is 1. The van der Waals surface area contributed by atoms with Gasteiger partial charge in [0.05, 0.1) is 0 Å². The fourth-order valence-corrected chi connectivity index (χ4v) is 2.63. The van der Waals surface area contributed by atoms with Gasteiger partial charge in [0.15, 0.2) is 6.04 Å². The van der Waals surface area contributed by atoms with Crippen molar-refractivity contribution >= 4 is 33.7 Å². The molecule has 0 aliphatic carbocycles. The maximum atomic E-state index is 12.3. The van der Waals surface area contributed by atoms with Gasteiger partial charge in [-0.3, -0.25) is 9.59 Å². The number of rotatable bonds is 4. The van der Waals surface area contributed by atoms with Crippen LogP contribution in [0.2, 0.25) is 0 Å². The summed E-state index contributed by atoms with van der Waals surface area (Å²) in [5, 5.41) is 11.9. The molecule has 2 atom stereocenters. The lowest BCUT2D eigenvalue weighted by atomic mass is 9.95. The highest BCUT2D eigenvalue weighted by Crippen LogP contribution is 2.21. The van der Waals surface area contributed by atoms with Crippen molar-refractivity contribution in [1.29, 1.82) is 0 Å². The summed E-state index contributed by atoms with van der Waals surface area (Å²) in [4.78, 5) is 36.9. The quantitative estimate of drug-likeness (QED) is 0.844. The minimum atomic E-state index is -1.13. The highest BCUT2D eigenvalue weighted by molar-refractivity contribution is 9.10. The van der Waals surface area contributed by atoms with Crippen LogP contribution >= 0.6 is 15.9 Å². The van der Waals surface area contributed by atoms with Gasteiger partial charge in [-0.05, 0) is 24.1 Å². The van der Waals surface area contributed by atoms with Crippen molar-refractivity contribution in [3.05, 3.63) is 34.3 Å². The fraction of sp³-hybridized carbons (Fsp3) is 0.400. The van der Waals surface area contributed by atoms with Crippen LogP contribution in [0.5, 0.6) is 0 Å². The van der Waals surface area contributed by atoms with Crippen LogP contribution in [0.4, 0.5) is 0 Å². The van der Waals surface area contributed by atoms with Crippen LogP contribution in [-0.4, -0.2) is 41.4 Å². The first-order valence-electron chi connectivity index (χ1n) is 6.91. The number of carboxylic acid groups (broad SMARTS) is 1. The summed E-state index contributed by atoms with van der Waals surface area (Å²) in [6, 6.07) is 5.61. The molecule has 1 saturated heterocycles. The van der Waals surface area contributed by atoms with Gasteiger partial charge in [-0.25, -0.2) is 4.79 Å². The second kappa shape index (κ2) is 6.91. The smallest absolute Gasteiger partial charge is 0.330 e. The average Bonchev–Trinajstić information content (AvgIpc) is 2.48. The molecule has 118 valence electrons. The second-order valence-corrected chi connectivity index (χ2v) is 6.25. The molecule has 2 rings (SSSR count). The van der Waals surface area contributed by atoms with Crippen molar-refractivity contribution in [3.63, 3.8) is 0 Å². The highest BCUT2D eigenvalue weighted by atomic mass is 79.9. The molecule has 22 heavy (non-hydrogen) atoms. The number of benzene rings is 1. The van der Waals surface area contributed by atoms with E-state index in [-0.39, 0.29) is 12.3 Å². The van der Waals surface area contributed by atoms with E-state index in [0.29, 0.717) is 18.5 Å². The lowest BCUT2D eigenvalue weighted by Gasteiger charge is -2.28. The Morgan fingerprint density at radius 1 is 1.36 bits per heavy atom. The molecule has 2 amide bonds. The minimum Gasteiger partial charge on any atom is -0.479 e. The maximum absolute atomic E-state index is 12.3. The molecule has 1 aromatic carbocycles. The summed E-state index contributed by atoms with van der Waals surface area (Å²) in [6.07, 6.45) is 0.662. The lowest BCUT2D eigenvalue weighted by Crippen LogP contribution is -2.44. The first-order valence-corrected chi connectivity index (χ1v) is 7.70. The van der Waals surface area contributed by atoms with Crippen molar-refractivity contribution in [2.24, 2.45) is 5.92 Å². The van der Waals surface area contributed by atoms with Gasteiger partial charge in [-0.2, -0.15) is 0 Å². The number of halogens is 1. The molecule has 0 spiro atoms. The van der Waals surface area contributed by atoms with Crippen LogP contribution in [0.1, 0.15) is 24.4 Å². The first-order chi connectivity index (χ1) is 10.4. The third-order valence-electron chi connectivity index (χ3n) is 3.77. The monoisotopic (exact) mass is 368 g/mol. The van der Waals surface area contributed by atoms with Crippen molar-refractivity contribution < 1.29 is 19.5 Å². The van der Waals surface area contributed by atoms with Crippen molar-refractivity contribution in [2.75, 3.05) is 13.6 Å². The number of carbonyl (C=O) groups is 3. The standard InChI is InChI=1S/C15H17BrN2O4/c1-18-7-6-10(8-12(18)19)14(20)17-13(15(21)22)9-2-4-11(16)5-3-9/h2-5,10,13H,6-8H2,1H3,(H,17,20)(H,21,22). The Labute approximate surface area is 136 Å². The minimum absolute atomic E-state index is 0.0954. The SMILES string of the molecule is CN1CCC(C(=O)NC(C(=O)O)c2ccc(Br)cc2)CC1=O. The van der Waals surface area contributed by atoms with Crippen LogP contribution in [-0.2, 0) is 14.4 Å². The van der Waals surface area contributed by atoms with Gasteiger partial charge < -0.3 is 15.3 Å². The van der Waals surface area contributed by atoms with Crippen LogP contribution in [0.25, 0.3) is 0 Å². The zero-order chi connectivity index (χ0) is 16.3. The number of likely N-dealkylation sites (tertiary alicyclic amines) is 1. The second-order valence-electron chi connectivity index (χ2n) is 5.34. The van der Waals surface area contributed by atoms with Crippen molar-refractivity contribution in [3.8, 4) is 0 Å². The molecule has 1 aliphatic heterocycles. The molecule has 2 unspecified atom stereocenters. The summed E-state index contributed by atoms with van der Waals surface area (Å²) in [7, 11) is 1.69. The third kappa shape index (κ3) is 3.85. The van der Waals surface area contributed by atoms with Gasteiger partial charge in [0.1, 0.15) is 0 Å². The van der Waals surface area contributed by atoms with Crippen molar-refractivity contribution in [1.82, 2.24) is 10.2 Å². The average molecular weight is 369 g/mol. The van der Waals surface area contributed by atoms with Gasteiger partial charge >= 0.3 is 5.97 Å². The van der Waals surface area contributed by atoms with E-state index in [4.69, 9.17) is 0 Å². The van der Waals surface area contributed by atoms with Crippen LogP contribution in [0.3, 0.4) is 0 Å². The van der Waals surface area contributed by atoms with Crippen LogP contribution in [0, 0.1) is 5.92 Å². The Bertz CT molecular complexity index is 588.